The second kappa shape index (κ2) is 7.84. The van der Waals surface area contributed by atoms with Crippen molar-refractivity contribution in [2.75, 3.05) is 19.0 Å². The van der Waals surface area contributed by atoms with Crippen molar-refractivity contribution in [2.45, 2.75) is 13.8 Å². The van der Waals surface area contributed by atoms with Gasteiger partial charge in [-0.05, 0) is 38.1 Å². The first-order chi connectivity index (χ1) is 11.2. The van der Waals surface area contributed by atoms with Crippen LogP contribution in [0.4, 0.5) is 11.4 Å². The number of aryl methyl sites for hydroxylation is 1. The van der Waals surface area contributed by atoms with Crippen molar-refractivity contribution in [1.82, 2.24) is 9.97 Å². The Labute approximate surface area is 147 Å². The number of benzene rings is 1. The summed E-state index contributed by atoms with van der Waals surface area (Å²) in [6, 6.07) is 11.7. The number of halogens is 1. The standard InChI is InChI=1S/C18H19N3O2.ClH/c1-4-23-17-11-13-14(9-10-19-18(13)20-12(17)2)21-15-7-5-6-8-16(15)22-3;/h5-11H,4H2,1-3H3,(H,19,20,21);1H. The summed E-state index contributed by atoms with van der Waals surface area (Å²) in [5, 5.41) is 4.30. The minimum atomic E-state index is 0. The molecule has 0 aliphatic rings. The maximum Gasteiger partial charge on any atom is 0.161 e. The second-order valence-corrected chi connectivity index (χ2v) is 5.06. The smallest absolute Gasteiger partial charge is 0.161 e. The molecule has 0 amide bonds. The number of rotatable bonds is 5. The number of anilines is 2. The third-order valence-electron chi connectivity index (χ3n) is 3.55. The SMILES string of the molecule is CCOc1cc2c(Nc3ccccc3OC)ccnc2nc1C.Cl. The number of aromatic nitrogens is 2. The minimum absolute atomic E-state index is 0. The molecule has 1 aromatic carbocycles. The molecule has 126 valence electrons. The van der Waals surface area contributed by atoms with E-state index in [2.05, 4.69) is 15.3 Å². The fourth-order valence-corrected chi connectivity index (χ4v) is 2.45. The predicted octanol–water partition coefficient (Wildman–Crippen LogP) is 4.51. The van der Waals surface area contributed by atoms with Crippen LogP contribution in [0.5, 0.6) is 11.5 Å². The van der Waals surface area contributed by atoms with Gasteiger partial charge in [0.15, 0.2) is 5.65 Å². The van der Waals surface area contributed by atoms with E-state index in [0.29, 0.717) is 12.3 Å². The third-order valence-corrected chi connectivity index (χ3v) is 3.55. The van der Waals surface area contributed by atoms with Crippen LogP contribution in [0.15, 0.2) is 42.6 Å². The molecule has 2 aromatic heterocycles. The number of pyridine rings is 2. The lowest BCUT2D eigenvalue weighted by Gasteiger charge is -2.14. The van der Waals surface area contributed by atoms with Crippen molar-refractivity contribution in [1.29, 1.82) is 0 Å². The molecule has 2 heterocycles. The maximum atomic E-state index is 5.65. The van der Waals surface area contributed by atoms with E-state index in [1.807, 2.05) is 50.2 Å². The molecule has 0 radical (unpaired) electrons. The lowest BCUT2D eigenvalue weighted by molar-refractivity contribution is 0.337. The van der Waals surface area contributed by atoms with Crippen molar-refractivity contribution in [3.05, 3.63) is 48.3 Å². The molecule has 0 aliphatic heterocycles. The fraction of sp³-hybridized carbons (Fsp3) is 0.222. The lowest BCUT2D eigenvalue weighted by atomic mass is 10.2. The third kappa shape index (κ3) is 3.51. The summed E-state index contributed by atoms with van der Waals surface area (Å²) in [6.45, 7) is 4.48. The van der Waals surface area contributed by atoms with Gasteiger partial charge in [-0.25, -0.2) is 9.97 Å². The number of para-hydroxylation sites is 2. The molecule has 0 saturated carbocycles. The first kappa shape index (κ1) is 17.8. The van der Waals surface area contributed by atoms with Gasteiger partial charge in [0.2, 0.25) is 0 Å². The van der Waals surface area contributed by atoms with Crippen LogP contribution in [-0.4, -0.2) is 23.7 Å². The molecule has 3 rings (SSSR count). The van der Waals surface area contributed by atoms with Crippen molar-refractivity contribution in [2.24, 2.45) is 0 Å². The fourth-order valence-electron chi connectivity index (χ4n) is 2.45. The predicted molar refractivity (Wildman–Crippen MR) is 99.0 cm³/mol. The van der Waals surface area contributed by atoms with Crippen molar-refractivity contribution >= 4 is 34.8 Å². The summed E-state index contributed by atoms with van der Waals surface area (Å²) < 4.78 is 11.0. The number of hydrogen-bond acceptors (Lipinski definition) is 5. The zero-order chi connectivity index (χ0) is 16.2. The molecular weight excluding hydrogens is 326 g/mol. The average Bonchev–Trinajstić information content (AvgIpc) is 2.57. The Morgan fingerprint density at radius 2 is 1.88 bits per heavy atom. The maximum absolute atomic E-state index is 5.65. The van der Waals surface area contributed by atoms with Crippen molar-refractivity contribution < 1.29 is 9.47 Å². The summed E-state index contributed by atoms with van der Waals surface area (Å²) >= 11 is 0. The monoisotopic (exact) mass is 345 g/mol. The molecule has 0 saturated heterocycles. The van der Waals surface area contributed by atoms with E-state index in [0.717, 1.165) is 34.0 Å². The van der Waals surface area contributed by atoms with E-state index >= 15 is 0 Å². The summed E-state index contributed by atoms with van der Waals surface area (Å²) in [6.07, 6.45) is 1.74. The highest BCUT2D eigenvalue weighted by Crippen LogP contribution is 2.32. The minimum Gasteiger partial charge on any atom is -0.495 e. The Bertz CT molecular complexity index is 840. The Kier molecular flexibility index (Phi) is 5.82. The topological polar surface area (TPSA) is 56.3 Å². The lowest BCUT2D eigenvalue weighted by Crippen LogP contribution is -2.00. The first-order valence-corrected chi connectivity index (χ1v) is 7.52. The van der Waals surface area contributed by atoms with Gasteiger partial charge in [-0.15, -0.1) is 12.4 Å². The molecule has 0 unspecified atom stereocenters. The Morgan fingerprint density at radius 3 is 2.62 bits per heavy atom. The molecule has 0 bridgehead atoms. The van der Waals surface area contributed by atoms with Crippen LogP contribution in [0, 0.1) is 6.92 Å². The Morgan fingerprint density at radius 1 is 1.08 bits per heavy atom. The largest absolute Gasteiger partial charge is 0.495 e. The molecule has 0 spiro atoms. The van der Waals surface area contributed by atoms with Gasteiger partial charge in [0.1, 0.15) is 11.5 Å². The summed E-state index contributed by atoms with van der Waals surface area (Å²) in [7, 11) is 1.66. The van der Waals surface area contributed by atoms with Crippen LogP contribution >= 0.6 is 12.4 Å². The second-order valence-electron chi connectivity index (χ2n) is 5.06. The molecule has 5 nitrogen and oxygen atoms in total. The molecular formula is C18H20ClN3O2. The first-order valence-electron chi connectivity index (χ1n) is 7.52. The van der Waals surface area contributed by atoms with Gasteiger partial charge in [0.05, 0.1) is 30.8 Å². The van der Waals surface area contributed by atoms with E-state index in [1.54, 1.807) is 13.3 Å². The van der Waals surface area contributed by atoms with E-state index in [1.165, 1.54) is 0 Å². The van der Waals surface area contributed by atoms with E-state index in [-0.39, 0.29) is 12.4 Å². The zero-order valence-corrected chi connectivity index (χ0v) is 14.7. The van der Waals surface area contributed by atoms with Gasteiger partial charge in [-0.3, -0.25) is 0 Å². The summed E-state index contributed by atoms with van der Waals surface area (Å²) in [4.78, 5) is 8.88. The number of fused-ring (bicyclic) bond motifs is 1. The van der Waals surface area contributed by atoms with Crippen LogP contribution in [0.3, 0.4) is 0 Å². The highest BCUT2D eigenvalue weighted by atomic mass is 35.5. The van der Waals surface area contributed by atoms with Gasteiger partial charge >= 0.3 is 0 Å². The molecule has 3 aromatic rings. The molecule has 0 fully saturated rings. The summed E-state index contributed by atoms with van der Waals surface area (Å²) in [5.41, 5.74) is 3.32. The molecule has 24 heavy (non-hydrogen) atoms. The van der Waals surface area contributed by atoms with E-state index in [9.17, 15) is 0 Å². The van der Waals surface area contributed by atoms with Crippen molar-refractivity contribution in [3.63, 3.8) is 0 Å². The quantitative estimate of drug-likeness (QED) is 0.737. The van der Waals surface area contributed by atoms with Gasteiger partial charge < -0.3 is 14.8 Å². The Balaban J connectivity index is 0.00000208. The normalized spacial score (nSPS) is 10.1. The number of nitrogens with zero attached hydrogens (tertiary/aromatic N) is 2. The van der Waals surface area contributed by atoms with Crippen molar-refractivity contribution in [3.8, 4) is 11.5 Å². The highest BCUT2D eigenvalue weighted by Gasteiger charge is 2.10. The van der Waals surface area contributed by atoms with Crippen LogP contribution in [-0.2, 0) is 0 Å². The Hall–Kier alpha value is -2.53. The number of hydrogen-bond donors (Lipinski definition) is 1. The highest BCUT2D eigenvalue weighted by molar-refractivity contribution is 5.92. The van der Waals surface area contributed by atoms with Crippen LogP contribution in [0.1, 0.15) is 12.6 Å². The average molecular weight is 346 g/mol. The number of nitrogens with one attached hydrogen (secondary N) is 1. The van der Waals surface area contributed by atoms with Gasteiger partial charge in [0, 0.05) is 11.6 Å². The van der Waals surface area contributed by atoms with Gasteiger partial charge in [-0.2, -0.15) is 0 Å². The van der Waals surface area contributed by atoms with Crippen LogP contribution in [0.25, 0.3) is 11.0 Å². The molecule has 0 aliphatic carbocycles. The summed E-state index contributed by atoms with van der Waals surface area (Å²) in [5.74, 6) is 1.55. The molecule has 6 heteroatoms. The van der Waals surface area contributed by atoms with Gasteiger partial charge in [0.25, 0.3) is 0 Å². The van der Waals surface area contributed by atoms with Crippen LogP contribution in [0.2, 0.25) is 0 Å². The molecule has 1 N–H and O–H groups in total. The molecule has 0 atom stereocenters. The van der Waals surface area contributed by atoms with Crippen LogP contribution < -0.4 is 14.8 Å². The van der Waals surface area contributed by atoms with E-state index in [4.69, 9.17) is 9.47 Å². The zero-order valence-electron chi connectivity index (χ0n) is 13.9. The van der Waals surface area contributed by atoms with E-state index < -0.39 is 0 Å². The van der Waals surface area contributed by atoms with Gasteiger partial charge in [-0.1, -0.05) is 12.1 Å². The number of ether oxygens (including phenoxy) is 2. The number of methoxy groups -OCH3 is 1.